The quantitative estimate of drug-likeness (QED) is 0.412. The molecule has 1 aromatic heterocycles. The molecule has 0 saturated carbocycles. The average molecular weight is 350 g/mol. The Morgan fingerprint density at radius 2 is 1.56 bits per heavy atom. The summed E-state index contributed by atoms with van der Waals surface area (Å²) in [6.07, 6.45) is 5.24. The summed E-state index contributed by atoms with van der Waals surface area (Å²) < 4.78 is 18.9. The summed E-state index contributed by atoms with van der Waals surface area (Å²) >= 11 is 0. The van der Waals surface area contributed by atoms with Crippen LogP contribution in [0, 0.1) is 0 Å². The van der Waals surface area contributed by atoms with Crippen molar-refractivity contribution in [2.75, 3.05) is 0 Å². The van der Waals surface area contributed by atoms with Crippen LogP contribution in [0.1, 0.15) is 12.7 Å². The molecule has 3 rings (SSSR count). The second-order valence-electron chi connectivity index (χ2n) is 5.48. The molecule has 0 saturated heterocycles. The second-order valence-corrected chi connectivity index (χ2v) is 7.93. The zero-order chi connectivity index (χ0) is 17.5. The minimum Gasteiger partial charge on any atom is -0.465 e. The molecule has 0 atom stereocenters. The van der Waals surface area contributed by atoms with Gasteiger partial charge >= 0.3 is 0 Å². The van der Waals surface area contributed by atoms with Crippen LogP contribution in [0.25, 0.3) is 6.08 Å². The van der Waals surface area contributed by atoms with Gasteiger partial charge in [-0.3, -0.25) is 9.76 Å². The zero-order valence-corrected chi connectivity index (χ0v) is 14.8. The standard InChI is InChI=1S/C20H19N2O2P/c1-17(14-15-18-9-8-16-24-18)21-22-25(23,19-10-4-2-5-11-19)20-12-6-3-7-13-20/h2-16H,1H3,(H,22,23)/b15-14+,21-17+. The van der Waals surface area contributed by atoms with Gasteiger partial charge in [-0.15, -0.1) is 0 Å². The van der Waals surface area contributed by atoms with Crippen molar-refractivity contribution in [1.29, 1.82) is 0 Å². The van der Waals surface area contributed by atoms with Crippen LogP contribution in [0.5, 0.6) is 0 Å². The molecule has 1 N–H and O–H groups in total. The fraction of sp³-hybridized carbons (Fsp3) is 0.0500. The Balaban J connectivity index is 1.88. The van der Waals surface area contributed by atoms with Gasteiger partial charge < -0.3 is 4.42 Å². The Kier molecular flexibility index (Phi) is 5.32. The lowest BCUT2D eigenvalue weighted by atomic mass is 10.3. The SMILES string of the molecule is CC(/C=C/c1ccco1)=N\NP(=O)(c1ccccc1)c1ccccc1. The summed E-state index contributed by atoms with van der Waals surface area (Å²) in [7, 11) is -3.06. The number of hydrogen-bond donors (Lipinski definition) is 1. The van der Waals surface area contributed by atoms with Crippen molar-refractivity contribution < 1.29 is 8.98 Å². The van der Waals surface area contributed by atoms with E-state index in [1.807, 2.05) is 91.9 Å². The minimum absolute atomic E-state index is 0.698. The van der Waals surface area contributed by atoms with E-state index in [1.54, 1.807) is 6.26 Å². The first kappa shape index (κ1) is 17.0. The average Bonchev–Trinajstić information content (AvgIpc) is 3.19. The number of hydrazone groups is 1. The molecule has 126 valence electrons. The summed E-state index contributed by atoms with van der Waals surface area (Å²) in [5.74, 6) is 0.740. The zero-order valence-electron chi connectivity index (χ0n) is 13.9. The highest BCUT2D eigenvalue weighted by Gasteiger charge is 2.26. The lowest BCUT2D eigenvalue weighted by molar-refractivity contribution is 0.557. The summed E-state index contributed by atoms with van der Waals surface area (Å²) in [6, 6.07) is 22.4. The van der Waals surface area contributed by atoms with Crippen molar-refractivity contribution in [3.05, 3.63) is 90.9 Å². The van der Waals surface area contributed by atoms with Crippen LogP contribution in [-0.2, 0) is 4.57 Å². The van der Waals surface area contributed by atoms with Gasteiger partial charge in [0.25, 0.3) is 0 Å². The highest BCUT2D eigenvalue weighted by molar-refractivity contribution is 7.76. The molecule has 0 aliphatic carbocycles. The van der Waals surface area contributed by atoms with Crippen molar-refractivity contribution >= 4 is 29.7 Å². The Morgan fingerprint density at radius 3 is 2.08 bits per heavy atom. The van der Waals surface area contributed by atoms with Crippen LogP contribution < -0.4 is 15.8 Å². The van der Waals surface area contributed by atoms with Gasteiger partial charge in [-0.05, 0) is 55.5 Å². The molecule has 3 aromatic rings. The number of rotatable bonds is 6. The first-order valence-corrected chi connectivity index (χ1v) is 9.63. The Labute approximate surface area is 147 Å². The van der Waals surface area contributed by atoms with Crippen LogP contribution in [0.2, 0.25) is 0 Å². The normalized spacial score (nSPS) is 12.4. The molecule has 0 spiro atoms. The fourth-order valence-corrected chi connectivity index (χ4v) is 4.33. The van der Waals surface area contributed by atoms with Crippen LogP contribution in [0.4, 0.5) is 0 Å². The predicted molar refractivity (Wildman–Crippen MR) is 104 cm³/mol. The van der Waals surface area contributed by atoms with E-state index in [9.17, 15) is 4.57 Å². The summed E-state index contributed by atoms with van der Waals surface area (Å²) in [6.45, 7) is 1.84. The molecular weight excluding hydrogens is 331 g/mol. The molecule has 25 heavy (non-hydrogen) atoms. The molecule has 4 nitrogen and oxygen atoms in total. The topological polar surface area (TPSA) is 54.6 Å². The monoisotopic (exact) mass is 350 g/mol. The van der Waals surface area contributed by atoms with Crippen molar-refractivity contribution in [2.24, 2.45) is 5.10 Å². The molecule has 0 aliphatic rings. The molecule has 0 fully saturated rings. The molecule has 0 bridgehead atoms. The number of nitrogens with one attached hydrogen (secondary N) is 1. The van der Waals surface area contributed by atoms with Gasteiger partial charge in [-0.2, -0.15) is 5.10 Å². The molecule has 0 unspecified atom stereocenters. The van der Waals surface area contributed by atoms with Gasteiger partial charge in [0.05, 0.1) is 12.0 Å². The smallest absolute Gasteiger partial charge is 0.242 e. The number of allylic oxidation sites excluding steroid dienone is 1. The maximum absolute atomic E-state index is 13.7. The number of furan rings is 1. The maximum atomic E-state index is 13.7. The van der Waals surface area contributed by atoms with E-state index in [4.69, 9.17) is 4.42 Å². The largest absolute Gasteiger partial charge is 0.465 e. The Bertz CT molecular complexity index is 858. The van der Waals surface area contributed by atoms with E-state index >= 15 is 0 Å². The van der Waals surface area contributed by atoms with Crippen LogP contribution in [0.3, 0.4) is 0 Å². The number of hydrogen-bond acceptors (Lipinski definition) is 3. The van der Waals surface area contributed by atoms with Gasteiger partial charge in [0.2, 0.25) is 7.29 Å². The van der Waals surface area contributed by atoms with Crippen molar-refractivity contribution in [2.45, 2.75) is 6.92 Å². The molecule has 0 amide bonds. The first-order chi connectivity index (χ1) is 12.2. The molecule has 0 aliphatic heterocycles. The minimum atomic E-state index is -3.06. The third-order valence-corrected chi connectivity index (χ3v) is 6.07. The predicted octanol–water partition coefficient (Wildman–Crippen LogP) is 4.19. The van der Waals surface area contributed by atoms with Gasteiger partial charge in [0.15, 0.2) is 0 Å². The number of benzene rings is 2. The number of nitrogens with zero attached hydrogens (tertiary/aromatic N) is 1. The lowest BCUT2D eigenvalue weighted by Gasteiger charge is -2.18. The first-order valence-electron chi connectivity index (χ1n) is 7.93. The van der Waals surface area contributed by atoms with E-state index in [-0.39, 0.29) is 0 Å². The third kappa shape index (κ3) is 4.17. The van der Waals surface area contributed by atoms with Gasteiger partial charge in [0.1, 0.15) is 5.76 Å². The van der Waals surface area contributed by atoms with Crippen LogP contribution in [0.15, 0.2) is 94.7 Å². The van der Waals surface area contributed by atoms with E-state index < -0.39 is 7.29 Å². The van der Waals surface area contributed by atoms with E-state index in [2.05, 4.69) is 10.3 Å². The van der Waals surface area contributed by atoms with Crippen LogP contribution in [-0.4, -0.2) is 5.71 Å². The van der Waals surface area contributed by atoms with Gasteiger partial charge in [-0.1, -0.05) is 36.4 Å². The van der Waals surface area contributed by atoms with Crippen molar-refractivity contribution in [3.8, 4) is 0 Å². The molecule has 2 aromatic carbocycles. The molecule has 1 heterocycles. The maximum Gasteiger partial charge on any atom is 0.242 e. The third-order valence-electron chi connectivity index (χ3n) is 3.64. The van der Waals surface area contributed by atoms with E-state index in [1.165, 1.54) is 0 Å². The van der Waals surface area contributed by atoms with Crippen LogP contribution >= 0.6 is 7.29 Å². The molecule has 5 heteroatoms. The summed E-state index contributed by atoms with van der Waals surface area (Å²) in [4.78, 5) is 0. The van der Waals surface area contributed by atoms with Gasteiger partial charge in [-0.25, -0.2) is 0 Å². The molecule has 0 radical (unpaired) electrons. The molecular formula is C20H19N2O2P. The summed E-state index contributed by atoms with van der Waals surface area (Å²) in [5.41, 5.74) is 0.698. The van der Waals surface area contributed by atoms with E-state index in [0.717, 1.165) is 5.76 Å². The highest BCUT2D eigenvalue weighted by atomic mass is 31.2. The van der Waals surface area contributed by atoms with Crippen molar-refractivity contribution in [1.82, 2.24) is 5.20 Å². The summed E-state index contributed by atoms with van der Waals surface area (Å²) in [5, 5.41) is 8.67. The fourth-order valence-electron chi connectivity index (χ4n) is 2.32. The Hall–Kier alpha value is -2.84. The lowest BCUT2D eigenvalue weighted by Crippen LogP contribution is -2.25. The second kappa shape index (κ2) is 7.82. The van der Waals surface area contributed by atoms with E-state index in [0.29, 0.717) is 16.3 Å². The Morgan fingerprint density at radius 1 is 0.960 bits per heavy atom. The van der Waals surface area contributed by atoms with Crippen molar-refractivity contribution in [3.63, 3.8) is 0 Å². The highest BCUT2D eigenvalue weighted by Crippen LogP contribution is 2.38. The van der Waals surface area contributed by atoms with Gasteiger partial charge in [0, 0.05) is 10.6 Å².